The summed E-state index contributed by atoms with van der Waals surface area (Å²) in [4.78, 5) is 17.3. The van der Waals surface area contributed by atoms with Crippen LogP contribution >= 0.6 is 0 Å². The molecule has 0 aromatic heterocycles. The molecule has 3 rings (SSSR count). The monoisotopic (exact) mass is 293 g/mol. The van der Waals surface area contributed by atoms with Gasteiger partial charge in [0.25, 0.3) is 0 Å². The van der Waals surface area contributed by atoms with E-state index in [1.54, 1.807) is 0 Å². The Morgan fingerprint density at radius 3 is 2.57 bits per heavy atom. The molecular formula is C17H31N3O. The molecule has 3 aliphatic rings. The first-order valence-electron chi connectivity index (χ1n) is 9.02. The summed E-state index contributed by atoms with van der Waals surface area (Å²) in [7, 11) is 0. The van der Waals surface area contributed by atoms with Gasteiger partial charge in [-0.3, -0.25) is 9.69 Å². The van der Waals surface area contributed by atoms with E-state index in [2.05, 4.69) is 9.80 Å². The topological polar surface area (TPSA) is 49.6 Å². The minimum atomic E-state index is -0.261. The molecule has 2 N–H and O–H groups in total. The van der Waals surface area contributed by atoms with Crippen LogP contribution < -0.4 is 5.73 Å². The number of amides is 1. The smallest absolute Gasteiger partial charge is 0.239 e. The summed E-state index contributed by atoms with van der Waals surface area (Å²) in [5.41, 5.74) is 6.24. The van der Waals surface area contributed by atoms with Gasteiger partial charge >= 0.3 is 0 Å². The molecule has 1 saturated carbocycles. The number of piperidine rings is 1. The fourth-order valence-electron chi connectivity index (χ4n) is 4.47. The van der Waals surface area contributed by atoms with E-state index in [1.807, 2.05) is 0 Å². The lowest BCUT2D eigenvalue weighted by molar-refractivity contribution is -0.136. The van der Waals surface area contributed by atoms with E-state index in [0.29, 0.717) is 12.0 Å². The van der Waals surface area contributed by atoms with Gasteiger partial charge in [0.2, 0.25) is 5.91 Å². The maximum absolute atomic E-state index is 12.6. The maximum atomic E-state index is 12.6. The lowest BCUT2D eigenvalue weighted by Crippen LogP contribution is -2.58. The Bertz CT molecular complexity index is 354. The number of rotatable bonds is 3. The maximum Gasteiger partial charge on any atom is 0.239 e. The lowest BCUT2D eigenvalue weighted by Gasteiger charge is -2.44. The number of nitrogens with two attached hydrogens (primary N) is 1. The summed E-state index contributed by atoms with van der Waals surface area (Å²) in [5, 5.41) is 0. The molecule has 120 valence electrons. The summed E-state index contributed by atoms with van der Waals surface area (Å²) in [5.74, 6) is 0.902. The fourth-order valence-corrected chi connectivity index (χ4v) is 4.47. The van der Waals surface area contributed by atoms with Crippen molar-refractivity contribution in [2.45, 2.75) is 69.9 Å². The van der Waals surface area contributed by atoms with Crippen LogP contribution in [0, 0.1) is 5.92 Å². The number of hydrogen-bond acceptors (Lipinski definition) is 3. The van der Waals surface area contributed by atoms with Crippen molar-refractivity contribution in [1.29, 1.82) is 0 Å². The number of piperazine rings is 1. The zero-order valence-corrected chi connectivity index (χ0v) is 13.3. The molecule has 4 nitrogen and oxygen atoms in total. The minimum Gasteiger partial charge on any atom is -0.338 e. The highest BCUT2D eigenvalue weighted by molar-refractivity contribution is 5.81. The molecule has 0 spiro atoms. The normalized spacial score (nSPS) is 30.0. The van der Waals surface area contributed by atoms with E-state index in [-0.39, 0.29) is 11.9 Å². The first-order chi connectivity index (χ1) is 10.2. The highest BCUT2D eigenvalue weighted by Gasteiger charge is 2.33. The molecule has 4 heteroatoms. The Balaban J connectivity index is 1.49. The van der Waals surface area contributed by atoms with E-state index >= 15 is 0 Å². The third kappa shape index (κ3) is 3.78. The van der Waals surface area contributed by atoms with Gasteiger partial charge < -0.3 is 10.6 Å². The second-order valence-electron chi connectivity index (χ2n) is 7.32. The lowest BCUT2D eigenvalue weighted by atomic mass is 9.84. The van der Waals surface area contributed by atoms with Gasteiger partial charge in [0.05, 0.1) is 6.04 Å². The van der Waals surface area contributed by atoms with Crippen molar-refractivity contribution < 1.29 is 4.79 Å². The van der Waals surface area contributed by atoms with E-state index in [1.165, 1.54) is 57.9 Å². The van der Waals surface area contributed by atoms with Crippen molar-refractivity contribution in [3.63, 3.8) is 0 Å². The number of fused-ring (bicyclic) bond motifs is 1. The van der Waals surface area contributed by atoms with Crippen LogP contribution in [0.15, 0.2) is 0 Å². The molecule has 2 unspecified atom stereocenters. The van der Waals surface area contributed by atoms with Gasteiger partial charge in [0.1, 0.15) is 0 Å². The van der Waals surface area contributed by atoms with Crippen LogP contribution in [-0.4, -0.2) is 54.0 Å². The van der Waals surface area contributed by atoms with Gasteiger partial charge in [-0.15, -0.1) is 0 Å². The predicted molar refractivity (Wildman–Crippen MR) is 85.0 cm³/mol. The third-order valence-electron chi connectivity index (χ3n) is 5.78. The molecular weight excluding hydrogens is 262 g/mol. The molecule has 1 aliphatic carbocycles. The second kappa shape index (κ2) is 7.10. The predicted octanol–water partition coefficient (Wildman–Crippen LogP) is 1.98. The van der Waals surface area contributed by atoms with Gasteiger partial charge in [-0.05, 0) is 31.7 Å². The average Bonchev–Trinajstić information content (AvgIpc) is 2.54. The molecule has 0 aromatic rings. The van der Waals surface area contributed by atoms with Crippen molar-refractivity contribution in [3.05, 3.63) is 0 Å². The zero-order chi connectivity index (χ0) is 14.7. The molecule has 0 bridgehead atoms. The second-order valence-corrected chi connectivity index (χ2v) is 7.32. The molecule has 3 fully saturated rings. The summed E-state index contributed by atoms with van der Waals surface area (Å²) in [6, 6.07) is 0.335. The number of nitrogens with zero attached hydrogens (tertiary/aromatic N) is 2. The quantitative estimate of drug-likeness (QED) is 0.865. The van der Waals surface area contributed by atoms with Crippen molar-refractivity contribution in [2.24, 2.45) is 11.7 Å². The Morgan fingerprint density at radius 1 is 1.00 bits per heavy atom. The van der Waals surface area contributed by atoms with E-state index in [4.69, 9.17) is 5.73 Å². The van der Waals surface area contributed by atoms with Gasteiger partial charge in [-0.1, -0.05) is 38.5 Å². The summed E-state index contributed by atoms with van der Waals surface area (Å²) < 4.78 is 0. The first kappa shape index (κ1) is 15.3. The Hall–Kier alpha value is -0.610. The Morgan fingerprint density at radius 2 is 1.76 bits per heavy atom. The van der Waals surface area contributed by atoms with Crippen molar-refractivity contribution in [3.8, 4) is 0 Å². The molecule has 0 radical (unpaired) electrons. The van der Waals surface area contributed by atoms with E-state index in [9.17, 15) is 4.79 Å². The standard InChI is InChI=1S/C17H31N3O/c18-16(12-14-6-2-1-3-7-14)17(21)20-11-10-19-9-5-4-8-15(19)13-20/h14-16H,1-13,18H2. The molecule has 21 heavy (non-hydrogen) atoms. The Kier molecular flexibility index (Phi) is 5.17. The van der Waals surface area contributed by atoms with Gasteiger partial charge in [-0.25, -0.2) is 0 Å². The molecule has 2 atom stereocenters. The molecule has 2 saturated heterocycles. The summed E-state index contributed by atoms with van der Waals surface area (Å²) in [6.07, 6.45) is 11.4. The first-order valence-corrected chi connectivity index (χ1v) is 9.02. The largest absolute Gasteiger partial charge is 0.338 e. The van der Waals surface area contributed by atoms with Gasteiger partial charge in [0, 0.05) is 25.7 Å². The molecule has 0 aromatic carbocycles. The van der Waals surface area contributed by atoms with Crippen LogP contribution in [0.3, 0.4) is 0 Å². The van der Waals surface area contributed by atoms with Crippen LogP contribution in [0.5, 0.6) is 0 Å². The van der Waals surface area contributed by atoms with Gasteiger partial charge in [-0.2, -0.15) is 0 Å². The highest BCUT2D eigenvalue weighted by Crippen LogP contribution is 2.28. The SMILES string of the molecule is NC(CC1CCCCC1)C(=O)N1CCN2CCCCC2C1. The number of carbonyl (C=O) groups excluding carboxylic acids is 1. The summed E-state index contributed by atoms with van der Waals surface area (Å²) >= 11 is 0. The molecule has 2 aliphatic heterocycles. The average molecular weight is 293 g/mol. The van der Waals surface area contributed by atoms with E-state index in [0.717, 1.165) is 26.1 Å². The van der Waals surface area contributed by atoms with Crippen LogP contribution in [-0.2, 0) is 4.79 Å². The van der Waals surface area contributed by atoms with Crippen molar-refractivity contribution >= 4 is 5.91 Å². The van der Waals surface area contributed by atoms with Crippen molar-refractivity contribution in [2.75, 3.05) is 26.2 Å². The van der Waals surface area contributed by atoms with Crippen LogP contribution in [0.4, 0.5) is 0 Å². The number of carbonyl (C=O) groups is 1. The fraction of sp³-hybridized carbons (Fsp3) is 0.941. The van der Waals surface area contributed by atoms with Crippen molar-refractivity contribution in [1.82, 2.24) is 9.80 Å². The highest BCUT2D eigenvalue weighted by atomic mass is 16.2. The minimum absolute atomic E-state index is 0.214. The van der Waals surface area contributed by atoms with Crippen LogP contribution in [0.25, 0.3) is 0 Å². The molecule has 2 heterocycles. The molecule has 1 amide bonds. The number of hydrogen-bond donors (Lipinski definition) is 1. The van der Waals surface area contributed by atoms with Gasteiger partial charge in [0.15, 0.2) is 0 Å². The zero-order valence-electron chi connectivity index (χ0n) is 13.3. The van der Waals surface area contributed by atoms with Crippen LogP contribution in [0.1, 0.15) is 57.8 Å². The summed E-state index contributed by atoms with van der Waals surface area (Å²) in [6.45, 7) is 4.07. The Labute approximate surface area is 129 Å². The van der Waals surface area contributed by atoms with E-state index < -0.39 is 0 Å². The van der Waals surface area contributed by atoms with Crippen LogP contribution in [0.2, 0.25) is 0 Å². The third-order valence-corrected chi connectivity index (χ3v) is 5.78.